The zero-order valence-electron chi connectivity index (χ0n) is 9.64. The maximum atomic E-state index is 5.92. The fourth-order valence-corrected chi connectivity index (χ4v) is 1.94. The van der Waals surface area contributed by atoms with Gasteiger partial charge in [-0.15, -0.1) is 0 Å². The molecule has 0 saturated heterocycles. The molecular weight excluding hydrogens is 270 g/mol. The number of nitrogen functional groups attached to an aromatic ring is 1. The average Bonchev–Trinajstić information content (AvgIpc) is 2.38. The van der Waals surface area contributed by atoms with E-state index in [0.29, 0.717) is 21.8 Å². The van der Waals surface area contributed by atoms with E-state index in [2.05, 4.69) is 20.7 Å². The molecule has 5 nitrogen and oxygen atoms in total. The number of nitrogens with zero attached hydrogens (tertiary/aromatic N) is 2. The van der Waals surface area contributed by atoms with Gasteiger partial charge in [-0.05, 0) is 24.5 Å². The van der Waals surface area contributed by atoms with Crippen molar-refractivity contribution in [3.05, 3.63) is 35.4 Å². The molecule has 4 N–H and O–H groups in total. The third-order valence-electron chi connectivity index (χ3n) is 2.13. The second-order valence-electron chi connectivity index (χ2n) is 3.40. The number of aromatic nitrogens is 2. The monoisotopic (exact) mass is 281 g/mol. The quantitative estimate of drug-likeness (QED) is 0.346. The first-order valence-electron chi connectivity index (χ1n) is 5.13. The van der Waals surface area contributed by atoms with Crippen LogP contribution in [-0.2, 0) is 0 Å². The van der Waals surface area contributed by atoms with Gasteiger partial charge < -0.3 is 10.7 Å². The number of nitrogens with two attached hydrogens (primary N) is 1. The maximum absolute atomic E-state index is 5.92. The van der Waals surface area contributed by atoms with Crippen LogP contribution in [0, 0.1) is 0 Å². The highest BCUT2D eigenvalue weighted by Gasteiger charge is 2.03. The Bertz CT molecular complexity index is 526. The van der Waals surface area contributed by atoms with Crippen LogP contribution in [0.2, 0.25) is 5.02 Å². The summed E-state index contributed by atoms with van der Waals surface area (Å²) in [5.74, 6) is 6.57. The zero-order chi connectivity index (χ0) is 13.0. The van der Waals surface area contributed by atoms with Crippen LogP contribution in [0.25, 0.3) is 0 Å². The summed E-state index contributed by atoms with van der Waals surface area (Å²) < 4.78 is 0. The number of nitrogens with one attached hydrogen (secondary N) is 2. The zero-order valence-corrected chi connectivity index (χ0v) is 11.2. The molecule has 0 saturated carbocycles. The number of hydrogen-bond acceptors (Lipinski definition) is 6. The smallest absolute Gasteiger partial charge is 0.191 e. The third kappa shape index (κ3) is 3.25. The molecule has 0 spiro atoms. The van der Waals surface area contributed by atoms with Crippen molar-refractivity contribution < 1.29 is 0 Å². The molecule has 0 radical (unpaired) electrons. The van der Waals surface area contributed by atoms with Gasteiger partial charge in [-0.2, -0.15) is 0 Å². The van der Waals surface area contributed by atoms with Gasteiger partial charge in [0, 0.05) is 16.8 Å². The number of anilines is 3. The van der Waals surface area contributed by atoms with Crippen LogP contribution >= 0.6 is 23.4 Å². The normalized spacial score (nSPS) is 10.2. The van der Waals surface area contributed by atoms with Crippen molar-refractivity contribution in [1.82, 2.24) is 9.97 Å². The predicted molar refractivity (Wildman–Crippen MR) is 76.4 cm³/mol. The first-order chi connectivity index (χ1) is 8.71. The van der Waals surface area contributed by atoms with Gasteiger partial charge in [-0.1, -0.05) is 29.4 Å². The van der Waals surface area contributed by atoms with E-state index in [-0.39, 0.29) is 0 Å². The lowest BCUT2D eigenvalue weighted by Crippen LogP contribution is -2.10. The number of benzene rings is 1. The summed E-state index contributed by atoms with van der Waals surface area (Å²) in [4.78, 5) is 8.51. The van der Waals surface area contributed by atoms with Gasteiger partial charge in [0.25, 0.3) is 0 Å². The van der Waals surface area contributed by atoms with Gasteiger partial charge in [-0.3, -0.25) is 0 Å². The van der Waals surface area contributed by atoms with Gasteiger partial charge in [0.1, 0.15) is 11.6 Å². The van der Waals surface area contributed by atoms with Gasteiger partial charge in [-0.25, -0.2) is 15.8 Å². The lowest BCUT2D eigenvalue weighted by Gasteiger charge is -2.08. The molecule has 0 aliphatic heterocycles. The van der Waals surface area contributed by atoms with Crippen LogP contribution in [0.3, 0.4) is 0 Å². The highest BCUT2D eigenvalue weighted by atomic mass is 35.5. The second-order valence-corrected chi connectivity index (χ2v) is 4.61. The Kier molecular flexibility index (Phi) is 4.24. The fourth-order valence-electron chi connectivity index (χ4n) is 1.37. The Morgan fingerprint density at radius 2 is 2.00 bits per heavy atom. The number of hydrogen-bond donors (Lipinski definition) is 3. The molecule has 1 aromatic heterocycles. The van der Waals surface area contributed by atoms with Crippen LogP contribution < -0.4 is 16.6 Å². The Hall–Kier alpha value is -1.50. The van der Waals surface area contributed by atoms with Crippen molar-refractivity contribution in [3.8, 4) is 0 Å². The van der Waals surface area contributed by atoms with E-state index in [1.54, 1.807) is 6.07 Å². The van der Waals surface area contributed by atoms with E-state index in [0.717, 1.165) is 5.69 Å². The molecule has 2 aromatic rings. The summed E-state index contributed by atoms with van der Waals surface area (Å²) >= 11 is 7.36. The molecule has 0 bridgehead atoms. The lowest BCUT2D eigenvalue weighted by atomic mass is 10.3. The molecule has 0 aliphatic rings. The molecule has 18 heavy (non-hydrogen) atoms. The van der Waals surface area contributed by atoms with Gasteiger partial charge in [0.05, 0.1) is 0 Å². The molecule has 0 fully saturated rings. The SMILES string of the molecule is CSc1nc(NN)cc(Nc2cccc(Cl)c2)n1. The third-order valence-corrected chi connectivity index (χ3v) is 2.92. The van der Waals surface area contributed by atoms with E-state index in [1.165, 1.54) is 11.8 Å². The molecule has 94 valence electrons. The van der Waals surface area contributed by atoms with E-state index < -0.39 is 0 Å². The van der Waals surface area contributed by atoms with E-state index in [9.17, 15) is 0 Å². The molecular formula is C11H12ClN5S. The second kappa shape index (κ2) is 5.90. The Morgan fingerprint density at radius 1 is 1.22 bits per heavy atom. The van der Waals surface area contributed by atoms with Gasteiger partial charge >= 0.3 is 0 Å². The molecule has 0 atom stereocenters. The standard InChI is InChI=1S/C11H12ClN5S/c1-18-11-15-9(6-10(16-11)17-13)14-8-4-2-3-7(12)5-8/h2-6H,13H2,1H3,(H2,14,15,16,17). The van der Waals surface area contributed by atoms with Crippen LogP contribution in [0.4, 0.5) is 17.3 Å². The number of rotatable bonds is 4. The van der Waals surface area contributed by atoms with Gasteiger partial charge in [0.2, 0.25) is 0 Å². The summed E-state index contributed by atoms with van der Waals surface area (Å²) in [7, 11) is 0. The van der Waals surface area contributed by atoms with Crippen LogP contribution in [-0.4, -0.2) is 16.2 Å². The highest BCUT2D eigenvalue weighted by Crippen LogP contribution is 2.22. The summed E-state index contributed by atoms with van der Waals surface area (Å²) in [5, 5.41) is 4.45. The first kappa shape index (κ1) is 12.9. The summed E-state index contributed by atoms with van der Waals surface area (Å²) in [5.41, 5.74) is 3.37. The summed E-state index contributed by atoms with van der Waals surface area (Å²) in [6.45, 7) is 0. The fraction of sp³-hybridized carbons (Fsp3) is 0.0909. The Labute approximate surface area is 114 Å². The van der Waals surface area contributed by atoms with E-state index in [4.69, 9.17) is 17.4 Å². The van der Waals surface area contributed by atoms with Crippen LogP contribution in [0.5, 0.6) is 0 Å². The molecule has 7 heteroatoms. The maximum Gasteiger partial charge on any atom is 0.191 e. The van der Waals surface area contributed by atoms with E-state index in [1.807, 2.05) is 30.5 Å². The molecule has 1 aromatic carbocycles. The molecule has 0 amide bonds. The summed E-state index contributed by atoms with van der Waals surface area (Å²) in [6.07, 6.45) is 1.90. The largest absolute Gasteiger partial charge is 0.340 e. The van der Waals surface area contributed by atoms with Gasteiger partial charge in [0.15, 0.2) is 5.16 Å². The van der Waals surface area contributed by atoms with Crippen molar-refractivity contribution >= 4 is 40.7 Å². The predicted octanol–water partition coefficient (Wildman–Crippen LogP) is 2.88. The van der Waals surface area contributed by atoms with Crippen LogP contribution in [0.1, 0.15) is 0 Å². The first-order valence-corrected chi connectivity index (χ1v) is 6.74. The minimum Gasteiger partial charge on any atom is -0.340 e. The van der Waals surface area contributed by atoms with Crippen molar-refractivity contribution in [2.75, 3.05) is 17.0 Å². The number of thioether (sulfide) groups is 1. The van der Waals surface area contributed by atoms with Crippen molar-refractivity contribution in [3.63, 3.8) is 0 Å². The molecule has 0 aliphatic carbocycles. The Balaban J connectivity index is 2.28. The topological polar surface area (TPSA) is 75.9 Å². The Morgan fingerprint density at radius 3 is 2.67 bits per heavy atom. The van der Waals surface area contributed by atoms with Crippen molar-refractivity contribution in [2.24, 2.45) is 5.84 Å². The molecule has 2 rings (SSSR count). The number of hydrazine groups is 1. The van der Waals surface area contributed by atoms with Crippen molar-refractivity contribution in [2.45, 2.75) is 5.16 Å². The summed E-state index contributed by atoms with van der Waals surface area (Å²) in [6, 6.07) is 9.12. The molecule has 1 heterocycles. The van der Waals surface area contributed by atoms with Crippen molar-refractivity contribution in [1.29, 1.82) is 0 Å². The van der Waals surface area contributed by atoms with E-state index >= 15 is 0 Å². The number of halogens is 1. The lowest BCUT2D eigenvalue weighted by molar-refractivity contribution is 0.971. The average molecular weight is 282 g/mol. The minimum atomic E-state index is 0.555. The van der Waals surface area contributed by atoms with Crippen LogP contribution in [0.15, 0.2) is 35.5 Å². The minimum absolute atomic E-state index is 0.555. The molecule has 0 unspecified atom stereocenters. The highest BCUT2D eigenvalue weighted by molar-refractivity contribution is 7.98.